The topological polar surface area (TPSA) is 67.7 Å². The zero-order valence-corrected chi connectivity index (χ0v) is 21.5. The second-order valence-electron chi connectivity index (χ2n) is 8.98. The molecule has 0 aliphatic carbocycles. The first kappa shape index (κ1) is 25.7. The Balaban J connectivity index is 0.00000289. The van der Waals surface area contributed by atoms with Crippen LogP contribution in [0.15, 0.2) is 58.5 Å². The molecular formula is C26H31ClN4O3S. The van der Waals surface area contributed by atoms with Crippen LogP contribution in [-0.2, 0) is 9.53 Å². The third-order valence-electron chi connectivity index (χ3n) is 6.47. The van der Waals surface area contributed by atoms with Crippen LogP contribution in [0, 0.1) is 6.92 Å². The molecule has 186 valence electrons. The lowest BCUT2D eigenvalue weighted by Gasteiger charge is -2.32. The van der Waals surface area contributed by atoms with E-state index in [2.05, 4.69) is 4.90 Å². The number of carbonyl (C=O) groups excluding carboxylic acids is 1. The molecule has 0 radical (unpaired) electrons. The summed E-state index contributed by atoms with van der Waals surface area (Å²) >= 11 is 1.60. The number of ether oxygens (including phenoxy) is 1. The van der Waals surface area contributed by atoms with E-state index in [1.165, 1.54) is 0 Å². The highest BCUT2D eigenvalue weighted by Gasteiger charge is 2.27. The molecule has 5 rings (SSSR count). The van der Waals surface area contributed by atoms with Gasteiger partial charge in [0.2, 0.25) is 5.91 Å². The molecule has 2 aliphatic heterocycles. The van der Waals surface area contributed by atoms with Crippen molar-refractivity contribution in [3.05, 3.63) is 64.4 Å². The van der Waals surface area contributed by atoms with Gasteiger partial charge in [-0.15, -0.1) is 12.4 Å². The molecule has 0 spiro atoms. The van der Waals surface area contributed by atoms with E-state index in [9.17, 15) is 9.59 Å². The number of aryl methyl sites for hydroxylation is 1. The number of nitrogens with zero attached hydrogens (tertiary/aromatic N) is 4. The quantitative estimate of drug-likeness (QED) is 0.355. The number of para-hydroxylation sites is 1. The lowest BCUT2D eigenvalue weighted by molar-refractivity contribution is -0.127. The molecule has 1 aromatic heterocycles. The van der Waals surface area contributed by atoms with E-state index in [-0.39, 0.29) is 29.1 Å². The molecule has 0 bridgehead atoms. The molecule has 2 aromatic carbocycles. The molecule has 2 fully saturated rings. The number of thioether (sulfide) groups is 1. The molecule has 3 heterocycles. The first-order valence-electron chi connectivity index (χ1n) is 11.9. The molecule has 3 aromatic rings. The number of likely N-dealkylation sites (tertiary alicyclic amines) is 1. The molecule has 0 saturated carbocycles. The average Bonchev–Trinajstić information content (AvgIpc) is 3.25. The van der Waals surface area contributed by atoms with Crippen molar-refractivity contribution < 1.29 is 9.53 Å². The Morgan fingerprint density at radius 3 is 2.46 bits per heavy atom. The second kappa shape index (κ2) is 11.6. The minimum atomic E-state index is -0.0701. The van der Waals surface area contributed by atoms with Gasteiger partial charge in [0.1, 0.15) is 0 Å². The summed E-state index contributed by atoms with van der Waals surface area (Å²) < 4.78 is 7.26. The molecule has 7 nitrogen and oxygen atoms in total. The van der Waals surface area contributed by atoms with E-state index in [4.69, 9.17) is 9.72 Å². The van der Waals surface area contributed by atoms with Crippen molar-refractivity contribution in [2.45, 2.75) is 30.2 Å². The SMILES string of the molecule is Cc1ccc(-n2c(SC(CN3CCOCC3)CN3CCCC3=O)nc3ccccc3c2=O)cc1.Cl. The summed E-state index contributed by atoms with van der Waals surface area (Å²) in [4.78, 5) is 35.3. The van der Waals surface area contributed by atoms with Crippen molar-refractivity contribution in [1.82, 2.24) is 19.4 Å². The highest BCUT2D eigenvalue weighted by molar-refractivity contribution is 7.99. The van der Waals surface area contributed by atoms with E-state index in [1.807, 2.05) is 60.4 Å². The van der Waals surface area contributed by atoms with E-state index in [0.29, 0.717) is 29.0 Å². The Morgan fingerprint density at radius 2 is 1.74 bits per heavy atom. The van der Waals surface area contributed by atoms with E-state index < -0.39 is 0 Å². The van der Waals surface area contributed by atoms with Gasteiger partial charge in [-0.2, -0.15) is 0 Å². The van der Waals surface area contributed by atoms with Crippen molar-refractivity contribution in [3.8, 4) is 5.69 Å². The number of hydrogen-bond acceptors (Lipinski definition) is 6. The summed E-state index contributed by atoms with van der Waals surface area (Å²) in [5.74, 6) is 0.218. The van der Waals surface area contributed by atoms with Crippen molar-refractivity contribution in [2.24, 2.45) is 0 Å². The van der Waals surface area contributed by atoms with Crippen molar-refractivity contribution in [2.75, 3.05) is 45.9 Å². The molecule has 2 aliphatic rings. The molecule has 35 heavy (non-hydrogen) atoms. The Morgan fingerprint density at radius 1 is 1.00 bits per heavy atom. The molecule has 9 heteroatoms. The maximum atomic E-state index is 13.6. The van der Waals surface area contributed by atoms with Gasteiger partial charge in [0, 0.05) is 44.4 Å². The van der Waals surface area contributed by atoms with Crippen molar-refractivity contribution in [1.29, 1.82) is 0 Å². The summed E-state index contributed by atoms with van der Waals surface area (Å²) in [6.45, 7) is 7.50. The lowest BCUT2D eigenvalue weighted by Crippen LogP contribution is -2.44. The normalized spacial score (nSPS) is 17.5. The highest BCUT2D eigenvalue weighted by Crippen LogP contribution is 2.28. The van der Waals surface area contributed by atoms with Crippen LogP contribution in [0.4, 0.5) is 0 Å². The summed E-state index contributed by atoms with van der Waals surface area (Å²) in [5.41, 5.74) is 2.57. The fourth-order valence-corrected chi connectivity index (χ4v) is 5.89. The van der Waals surface area contributed by atoms with Crippen LogP contribution >= 0.6 is 24.2 Å². The number of amides is 1. The lowest BCUT2D eigenvalue weighted by atomic mass is 10.2. The number of fused-ring (bicyclic) bond motifs is 1. The predicted octanol–water partition coefficient (Wildman–Crippen LogP) is 3.53. The standard InChI is InChI=1S/C26H30N4O3S.ClH/c1-19-8-10-20(11-9-19)30-25(32)22-5-2-3-6-23(22)27-26(30)34-21(17-28-13-15-33-16-14-28)18-29-12-4-7-24(29)31;/h2-3,5-6,8-11,21H,4,7,12-18H2,1H3;1H. The first-order valence-corrected chi connectivity index (χ1v) is 12.8. The Bertz CT molecular complexity index is 1230. The number of morpholine rings is 1. The number of carbonyl (C=O) groups is 1. The van der Waals surface area contributed by atoms with Crippen LogP contribution in [0.2, 0.25) is 0 Å². The molecule has 1 atom stereocenters. The zero-order chi connectivity index (χ0) is 23.5. The van der Waals surface area contributed by atoms with Crippen LogP contribution in [0.1, 0.15) is 18.4 Å². The van der Waals surface area contributed by atoms with E-state index >= 15 is 0 Å². The number of halogens is 1. The van der Waals surface area contributed by atoms with Crippen LogP contribution in [0.5, 0.6) is 0 Å². The minimum absolute atomic E-state index is 0. The first-order chi connectivity index (χ1) is 16.6. The van der Waals surface area contributed by atoms with Gasteiger partial charge in [-0.05, 0) is 37.6 Å². The maximum Gasteiger partial charge on any atom is 0.266 e. The molecular weight excluding hydrogens is 484 g/mol. The summed E-state index contributed by atoms with van der Waals surface area (Å²) in [6.07, 6.45) is 1.54. The summed E-state index contributed by atoms with van der Waals surface area (Å²) in [5, 5.41) is 1.36. The maximum absolute atomic E-state index is 13.6. The van der Waals surface area contributed by atoms with Gasteiger partial charge < -0.3 is 9.64 Å². The Kier molecular flexibility index (Phi) is 8.49. The van der Waals surface area contributed by atoms with Gasteiger partial charge in [0.25, 0.3) is 5.56 Å². The van der Waals surface area contributed by atoms with Gasteiger partial charge in [0.15, 0.2) is 5.16 Å². The number of hydrogen-bond donors (Lipinski definition) is 0. The number of benzene rings is 2. The summed E-state index contributed by atoms with van der Waals surface area (Å²) in [6, 6.07) is 15.5. The Labute approximate surface area is 215 Å². The Hall–Kier alpha value is -2.39. The van der Waals surface area contributed by atoms with E-state index in [0.717, 1.165) is 57.1 Å². The molecule has 0 N–H and O–H groups in total. The molecule has 1 unspecified atom stereocenters. The third kappa shape index (κ3) is 5.89. The van der Waals surface area contributed by atoms with E-state index in [1.54, 1.807) is 16.3 Å². The van der Waals surface area contributed by atoms with Gasteiger partial charge >= 0.3 is 0 Å². The van der Waals surface area contributed by atoms with Crippen LogP contribution in [0.25, 0.3) is 16.6 Å². The van der Waals surface area contributed by atoms with Crippen molar-refractivity contribution in [3.63, 3.8) is 0 Å². The largest absolute Gasteiger partial charge is 0.379 e. The minimum Gasteiger partial charge on any atom is -0.379 e. The summed E-state index contributed by atoms with van der Waals surface area (Å²) in [7, 11) is 0. The predicted molar refractivity (Wildman–Crippen MR) is 142 cm³/mol. The second-order valence-corrected chi connectivity index (χ2v) is 10.3. The molecule has 1 amide bonds. The number of rotatable bonds is 7. The van der Waals surface area contributed by atoms with Gasteiger partial charge in [-0.25, -0.2) is 4.98 Å². The van der Waals surface area contributed by atoms with Crippen LogP contribution in [-0.4, -0.2) is 76.4 Å². The van der Waals surface area contributed by atoms with Crippen LogP contribution < -0.4 is 5.56 Å². The molecule has 2 saturated heterocycles. The van der Waals surface area contributed by atoms with Crippen LogP contribution in [0.3, 0.4) is 0 Å². The van der Waals surface area contributed by atoms with Gasteiger partial charge in [-0.3, -0.25) is 19.1 Å². The monoisotopic (exact) mass is 514 g/mol. The fourth-order valence-electron chi connectivity index (χ4n) is 4.61. The fraction of sp³-hybridized carbons (Fsp3) is 0.423. The third-order valence-corrected chi connectivity index (χ3v) is 7.59. The van der Waals surface area contributed by atoms with Crippen molar-refractivity contribution >= 4 is 41.0 Å². The highest BCUT2D eigenvalue weighted by atomic mass is 35.5. The number of aromatic nitrogens is 2. The van der Waals surface area contributed by atoms with Gasteiger partial charge in [0.05, 0.1) is 29.8 Å². The average molecular weight is 515 g/mol. The zero-order valence-electron chi connectivity index (χ0n) is 19.9. The van der Waals surface area contributed by atoms with Gasteiger partial charge in [-0.1, -0.05) is 41.6 Å². The smallest absolute Gasteiger partial charge is 0.266 e.